The molecule has 0 unspecified atom stereocenters. The molecule has 0 N–H and O–H groups in total. The van der Waals surface area contributed by atoms with E-state index in [0.29, 0.717) is 4.47 Å². The van der Waals surface area contributed by atoms with E-state index in [0.717, 1.165) is 0 Å². The van der Waals surface area contributed by atoms with E-state index in [-0.39, 0.29) is 17.1 Å². The third kappa shape index (κ3) is 4.63. The van der Waals surface area contributed by atoms with E-state index in [1.54, 1.807) is 20.8 Å². The van der Waals surface area contributed by atoms with Crippen molar-refractivity contribution in [3.8, 4) is 11.5 Å². The highest BCUT2D eigenvalue weighted by Crippen LogP contribution is 2.35. The number of esters is 1. The monoisotopic (exact) mass is 352 g/mol. The molecule has 0 heterocycles. The number of halogens is 3. The van der Waals surface area contributed by atoms with Crippen molar-refractivity contribution in [3.05, 3.63) is 22.2 Å². The number of ether oxygens (including phenoxy) is 3. The molecular weight excluding hydrogens is 338 g/mol. The average Bonchev–Trinajstić information content (AvgIpc) is 2.24. The SMILES string of the molecule is COc1cc(Br)cc(OC(F)F)c1C(=O)OC(C)(C)C. The van der Waals surface area contributed by atoms with Crippen LogP contribution in [0.25, 0.3) is 0 Å². The smallest absolute Gasteiger partial charge is 0.387 e. The van der Waals surface area contributed by atoms with Crippen molar-refractivity contribution in [2.24, 2.45) is 0 Å². The molecule has 1 aromatic carbocycles. The number of alkyl halides is 2. The molecule has 0 aliphatic heterocycles. The molecule has 0 saturated heterocycles. The van der Waals surface area contributed by atoms with Crippen LogP contribution >= 0.6 is 15.9 Å². The Morgan fingerprint density at radius 3 is 2.25 bits per heavy atom. The van der Waals surface area contributed by atoms with E-state index in [1.165, 1.54) is 19.2 Å². The number of rotatable bonds is 4. The molecule has 0 atom stereocenters. The maximum Gasteiger partial charge on any atom is 0.387 e. The average molecular weight is 353 g/mol. The Hall–Kier alpha value is -1.37. The van der Waals surface area contributed by atoms with Crippen LogP contribution in [0.15, 0.2) is 16.6 Å². The van der Waals surface area contributed by atoms with E-state index >= 15 is 0 Å². The predicted molar refractivity (Wildman–Crippen MR) is 72.5 cm³/mol. The number of carbonyl (C=O) groups excluding carboxylic acids is 1. The molecule has 0 aromatic heterocycles. The Bertz CT molecular complexity index is 498. The second kappa shape index (κ2) is 6.39. The van der Waals surface area contributed by atoms with Gasteiger partial charge in [0.2, 0.25) is 0 Å². The Morgan fingerprint density at radius 2 is 1.80 bits per heavy atom. The lowest BCUT2D eigenvalue weighted by molar-refractivity contribution is -0.0510. The van der Waals surface area contributed by atoms with Crippen LogP contribution in [-0.4, -0.2) is 25.3 Å². The van der Waals surface area contributed by atoms with Gasteiger partial charge in [0.1, 0.15) is 22.7 Å². The van der Waals surface area contributed by atoms with Gasteiger partial charge in [0.25, 0.3) is 0 Å². The predicted octanol–water partition coefficient (Wildman–Crippen LogP) is 4.01. The first-order valence-electron chi connectivity index (χ1n) is 5.69. The van der Waals surface area contributed by atoms with Crippen LogP contribution in [0, 0.1) is 0 Å². The minimum absolute atomic E-state index is 0.0873. The topological polar surface area (TPSA) is 44.8 Å². The Balaban J connectivity index is 3.29. The van der Waals surface area contributed by atoms with E-state index in [1.807, 2.05) is 0 Å². The first kappa shape index (κ1) is 16.7. The fourth-order valence-electron chi connectivity index (χ4n) is 1.44. The van der Waals surface area contributed by atoms with Gasteiger partial charge in [-0.3, -0.25) is 0 Å². The molecule has 0 fully saturated rings. The van der Waals surface area contributed by atoms with Gasteiger partial charge in [-0.2, -0.15) is 8.78 Å². The number of carbonyl (C=O) groups is 1. The van der Waals surface area contributed by atoms with Crippen molar-refractivity contribution in [2.75, 3.05) is 7.11 Å². The summed E-state index contributed by atoms with van der Waals surface area (Å²) >= 11 is 3.13. The molecular formula is C13H15BrF2O4. The van der Waals surface area contributed by atoms with Crippen molar-refractivity contribution in [1.29, 1.82) is 0 Å². The molecule has 20 heavy (non-hydrogen) atoms. The fraction of sp³-hybridized carbons (Fsp3) is 0.462. The molecule has 0 radical (unpaired) electrons. The van der Waals surface area contributed by atoms with Gasteiger partial charge in [-0.15, -0.1) is 0 Å². The summed E-state index contributed by atoms with van der Waals surface area (Å²) in [4.78, 5) is 12.1. The Kier molecular flexibility index (Phi) is 5.33. The summed E-state index contributed by atoms with van der Waals surface area (Å²) in [6.07, 6.45) is 0. The van der Waals surface area contributed by atoms with Gasteiger partial charge in [-0.05, 0) is 32.9 Å². The van der Waals surface area contributed by atoms with Crippen molar-refractivity contribution in [1.82, 2.24) is 0 Å². The zero-order valence-corrected chi connectivity index (χ0v) is 13.1. The Labute approximate surface area is 124 Å². The van der Waals surface area contributed by atoms with Gasteiger partial charge in [-0.25, -0.2) is 4.79 Å². The van der Waals surface area contributed by atoms with Gasteiger partial charge in [0.05, 0.1) is 7.11 Å². The second-order valence-electron chi connectivity index (χ2n) is 4.86. The Morgan fingerprint density at radius 1 is 1.25 bits per heavy atom. The van der Waals surface area contributed by atoms with Gasteiger partial charge in [0.15, 0.2) is 0 Å². The quantitative estimate of drug-likeness (QED) is 0.768. The molecule has 0 saturated carbocycles. The summed E-state index contributed by atoms with van der Waals surface area (Å²) in [7, 11) is 1.32. The third-order valence-corrected chi connectivity index (χ3v) is 2.53. The molecule has 0 aliphatic rings. The van der Waals surface area contributed by atoms with Gasteiger partial charge in [-0.1, -0.05) is 15.9 Å². The largest absolute Gasteiger partial charge is 0.496 e. The molecule has 112 valence electrons. The van der Waals surface area contributed by atoms with E-state index in [4.69, 9.17) is 9.47 Å². The minimum Gasteiger partial charge on any atom is -0.496 e. The zero-order chi connectivity index (χ0) is 15.5. The lowest BCUT2D eigenvalue weighted by Crippen LogP contribution is -2.25. The van der Waals surface area contributed by atoms with Gasteiger partial charge >= 0.3 is 12.6 Å². The molecule has 0 amide bonds. The highest BCUT2D eigenvalue weighted by Gasteiger charge is 2.26. The summed E-state index contributed by atoms with van der Waals surface area (Å²) in [5, 5.41) is 0. The van der Waals surface area contributed by atoms with Crippen molar-refractivity contribution < 1.29 is 27.8 Å². The highest BCUT2D eigenvalue weighted by molar-refractivity contribution is 9.10. The maximum absolute atomic E-state index is 12.4. The van der Waals surface area contributed by atoms with Gasteiger partial charge < -0.3 is 14.2 Å². The standard InChI is InChI=1S/C13H15BrF2O4/c1-13(2,3)20-11(17)10-8(18-4)5-7(14)6-9(10)19-12(15)16/h5-6,12H,1-4H3. The molecule has 1 aromatic rings. The third-order valence-electron chi connectivity index (χ3n) is 2.07. The van der Waals surface area contributed by atoms with Crippen LogP contribution in [0.4, 0.5) is 8.78 Å². The molecule has 7 heteroatoms. The van der Waals surface area contributed by atoms with Gasteiger partial charge in [0, 0.05) is 4.47 Å². The van der Waals surface area contributed by atoms with Crippen LogP contribution in [0.2, 0.25) is 0 Å². The second-order valence-corrected chi connectivity index (χ2v) is 5.78. The van der Waals surface area contributed by atoms with E-state index < -0.39 is 18.2 Å². The molecule has 0 aliphatic carbocycles. The summed E-state index contributed by atoms with van der Waals surface area (Å²) < 4.78 is 39.9. The fourth-order valence-corrected chi connectivity index (χ4v) is 1.85. The number of benzene rings is 1. The van der Waals surface area contributed by atoms with E-state index in [2.05, 4.69) is 20.7 Å². The summed E-state index contributed by atoms with van der Waals surface area (Å²) in [5.74, 6) is -1.01. The lowest BCUT2D eigenvalue weighted by Gasteiger charge is -2.21. The number of hydrogen-bond acceptors (Lipinski definition) is 4. The molecule has 4 nitrogen and oxygen atoms in total. The van der Waals surface area contributed by atoms with Crippen molar-refractivity contribution in [2.45, 2.75) is 33.0 Å². The molecule has 0 spiro atoms. The lowest BCUT2D eigenvalue weighted by atomic mass is 10.1. The van der Waals surface area contributed by atoms with Crippen molar-refractivity contribution in [3.63, 3.8) is 0 Å². The summed E-state index contributed by atoms with van der Waals surface area (Å²) in [6, 6.07) is 2.73. The molecule has 1 rings (SSSR count). The summed E-state index contributed by atoms with van der Waals surface area (Å²) in [5.41, 5.74) is -0.942. The van der Waals surface area contributed by atoms with Crippen LogP contribution in [0.1, 0.15) is 31.1 Å². The first-order valence-corrected chi connectivity index (χ1v) is 6.49. The number of methoxy groups -OCH3 is 1. The normalized spacial score (nSPS) is 11.4. The van der Waals surface area contributed by atoms with Crippen LogP contribution in [0.5, 0.6) is 11.5 Å². The molecule has 0 bridgehead atoms. The van der Waals surface area contributed by atoms with Crippen LogP contribution in [-0.2, 0) is 4.74 Å². The van der Waals surface area contributed by atoms with Crippen LogP contribution in [0.3, 0.4) is 0 Å². The minimum atomic E-state index is -3.06. The van der Waals surface area contributed by atoms with Crippen LogP contribution < -0.4 is 9.47 Å². The highest BCUT2D eigenvalue weighted by atomic mass is 79.9. The van der Waals surface area contributed by atoms with E-state index in [9.17, 15) is 13.6 Å². The number of hydrogen-bond donors (Lipinski definition) is 0. The van der Waals surface area contributed by atoms with Crippen molar-refractivity contribution >= 4 is 21.9 Å². The maximum atomic E-state index is 12.4. The first-order chi connectivity index (χ1) is 9.14. The zero-order valence-electron chi connectivity index (χ0n) is 11.5. The summed E-state index contributed by atoms with van der Waals surface area (Å²) in [6.45, 7) is 1.95.